The number of hydrogen-bond donors (Lipinski definition) is 1. The van der Waals surface area contributed by atoms with Crippen LogP contribution in [-0.2, 0) is 6.54 Å². The molecule has 108 valence electrons. The summed E-state index contributed by atoms with van der Waals surface area (Å²) in [7, 11) is 1.46. The van der Waals surface area contributed by atoms with Gasteiger partial charge in [0, 0.05) is 23.4 Å². The lowest BCUT2D eigenvalue weighted by Gasteiger charge is -2.24. The fourth-order valence-corrected chi connectivity index (χ4v) is 4.05. The van der Waals surface area contributed by atoms with Crippen LogP contribution >= 0.6 is 11.8 Å². The number of nitrogens with zero attached hydrogens (tertiary/aromatic N) is 2. The molecule has 1 saturated heterocycles. The van der Waals surface area contributed by atoms with Crippen LogP contribution in [0.2, 0.25) is 0 Å². The second-order valence-corrected chi connectivity index (χ2v) is 7.12. The number of aromatic nitrogens is 2. The van der Waals surface area contributed by atoms with Gasteiger partial charge in [-0.15, -0.1) is 0 Å². The number of fused-ring (bicyclic) bond motifs is 1. The average Bonchev–Trinajstić information content (AvgIpc) is 2.94. The molecule has 0 spiro atoms. The molecule has 0 aliphatic carbocycles. The lowest BCUT2D eigenvalue weighted by molar-refractivity contribution is 0.387. The number of imidazole rings is 1. The van der Waals surface area contributed by atoms with E-state index in [1.54, 1.807) is 6.07 Å². The Morgan fingerprint density at radius 1 is 1.55 bits per heavy atom. The monoisotopic (exact) mass is 295 g/mol. The van der Waals surface area contributed by atoms with Crippen molar-refractivity contribution in [3.8, 4) is 5.75 Å². The standard InChI is InChI=1S/C14H18FN3OS/c1-14(4-3-5-20-14)8-18-11-7-12(19-2)9(15)6-10(11)17-13(18)16/h6-7H,3-5,8H2,1-2H3,(H2,16,17). The molecule has 2 N–H and O–H groups in total. The number of anilines is 1. The van der Waals surface area contributed by atoms with Crippen molar-refractivity contribution >= 4 is 28.7 Å². The Balaban J connectivity index is 2.07. The van der Waals surface area contributed by atoms with Crippen LogP contribution in [0.3, 0.4) is 0 Å². The van der Waals surface area contributed by atoms with E-state index in [0.717, 1.165) is 18.5 Å². The van der Waals surface area contributed by atoms with Gasteiger partial charge in [0.2, 0.25) is 5.95 Å². The van der Waals surface area contributed by atoms with Crippen LogP contribution in [0.1, 0.15) is 19.8 Å². The smallest absolute Gasteiger partial charge is 0.201 e. The van der Waals surface area contributed by atoms with Gasteiger partial charge in [-0.05, 0) is 25.5 Å². The minimum absolute atomic E-state index is 0.170. The van der Waals surface area contributed by atoms with Gasteiger partial charge in [0.1, 0.15) is 0 Å². The van der Waals surface area contributed by atoms with Crippen molar-refractivity contribution in [2.24, 2.45) is 0 Å². The molecule has 1 unspecified atom stereocenters. The van der Waals surface area contributed by atoms with Crippen LogP contribution in [0.15, 0.2) is 12.1 Å². The maximum absolute atomic E-state index is 13.7. The first-order valence-corrected chi connectivity index (χ1v) is 7.64. The molecule has 3 rings (SSSR count). The highest BCUT2D eigenvalue weighted by Crippen LogP contribution is 2.40. The van der Waals surface area contributed by atoms with E-state index in [9.17, 15) is 4.39 Å². The second-order valence-electron chi connectivity index (χ2n) is 5.43. The normalized spacial score (nSPS) is 22.6. The number of nitrogen functional groups attached to an aromatic ring is 1. The molecule has 0 bridgehead atoms. The van der Waals surface area contributed by atoms with Gasteiger partial charge >= 0.3 is 0 Å². The van der Waals surface area contributed by atoms with E-state index in [1.165, 1.54) is 25.3 Å². The molecule has 1 aliphatic rings. The summed E-state index contributed by atoms with van der Waals surface area (Å²) in [5.41, 5.74) is 7.42. The van der Waals surface area contributed by atoms with E-state index >= 15 is 0 Å². The first-order valence-electron chi connectivity index (χ1n) is 6.66. The molecule has 2 heterocycles. The summed E-state index contributed by atoms with van der Waals surface area (Å²) in [6.07, 6.45) is 2.39. The Kier molecular flexibility index (Phi) is 3.28. The van der Waals surface area contributed by atoms with Gasteiger partial charge in [0.05, 0.1) is 18.1 Å². The van der Waals surface area contributed by atoms with Crippen molar-refractivity contribution in [1.82, 2.24) is 9.55 Å². The Hall–Kier alpha value is -1.43. The lowest BCUT2D eigenvalue weighted by Crippen LogP contribution is -2.24. The summed E-state index contributed by atoms with van der Waals surface area (Å²) < 4.78 is 20.9. The fraction of sp³-hybridized carbons (Fsp3) is 0.500. The zero-order valence-corrected chi connectivity index (χ0v) is 12.5. The number of methoxy groups -OCH3 is 1. The summed E-state index contributed by atoms with van der Waals surface area (Å²) in [5, 5.41) is 0. The zero-order valence-electron chi connectivity index (χ0n) is 11.6. The lowest BCUT2D eigenvalue weighted by atomic mass is 10.1. The van der Waals surface area contributed by atoms with Gasteiger partial charge in [0.25, 0.3) is 0 Å². The summed E-state index contributed by atoms with van der Waals surface area (Å²) in [4.78, 5) is 4.26. The topological polar surface area (TPSA) is 53.1 Å². The summed E-state index contributed by atoms with van der Waals surface area (Å²) >= 11 is 1.96. The number of thioether (sulfide) groups is 1. The van der Waals surface area contributed by atoms with Crippen LogP contribution in [0.5, 0.6) is 5.75 Å². The Morgan fingerprint density at radius 2 is 2.35 bits per heavy atom. The van der Waals surface area contributed by atoms with E-state index in [-0.39, 0.29) is 10.5 Å². The van der Waals surface area contributed by atoms with E-state index in [0.29, 0.717) is 11.5 Å². The molecule has 0 amide bonds. The Bertz CT molecular complexity index is 649. The number of rotatable bonds is 3. The van der Waals surface area contributed by atoms with Crippen molar-refractivity contribution in [3.05, 3.63) is 17.9 Å². The molecule has 6 heteroatoms. The van der Waals surface area contributed by atoms with Crippen molar-refractivity contribution < 1.29 is 9.13 Å². The molecule has 1 aliphatic heterocycles. The highest BCUT2D eigenvalue weighted by Gasteiger charge is 2.31. The van der Waals surface area contributed by atoms with Gasteiger partial charge in [-0.25, -0.2) is 9.37 Å². The molecule has 1 aromatic carbocycles. The van der Waals surface area contributed by atoms with Gasteiger partial charge in [-0.1, -0.05) is 0 Å². The predicted molar refractivity (Wildman–Crippen MR) is 80.8 cm³/mol. The first kappa shape index (κ1) is 13.5. The fourth-order valence-electron chi connectivity index (χ4n) is 2.76. The van der Waals surface area contributed by atoms with E-state index < -0.39 is 5.82 Å². The number of hydrogen-bond acceptors (Lipinski definition) is 4. The highest BCUT2D eigenvalue weighted by atomic mass is 32.2. The van der Waals surface area contributed by atoms with E-state index in [4.69, 9.17) is 10.5 Å². The molecule has 4 nitrogen and oxygen atoms in total. The van der Waals surface area contributed by atoms with E-state index in [1.807, 2.05) is 16.3 Å². The van der Waals surface area contributed by atoms with Crippen LogP contribution in [-0.4, -0.2) is 27.2 Å². The summed E-state index contributed by atoms with van der Waals surface area (Å²) in [6, 6.07) is 3.06. The maximum atomic E-state index is 13.7. The third-order valence-corrected chi connectivity index (χ3v) is 5.37. The third kappa shape index (κ3) is 2.22. The molecule has 0 saturated carbocycles. The van der Waals surface area contributed by atoms with Crippen LogP contribution in [0.4, 0.5) is 10.3 Å². The molecule has 1 atom stereocenters. The summed E-state index contributed by atoms with van der Waals surface area (Å²) in [5.74, 6) is 1.43. The van der Waals surface area contributed by atoms with Gasteiger partial charge in [-0.2, -0.15) is 11.8 Å². The quantitative estimate of drug-likeness (QED) is 0.945. The zero-order chi connectivity index (χ0) is 14.3. The maximum Gasteiger partial charge on any atom is 0.201 e. The van der Waals surface area contributed by atoms with Crippen LogP contribution < -0.4 is 10.5 Å². The number of nitrogens with two attached hydrogens (primary N) is 1. The van der Waals surface area contributed by atoms with Crippen molar-refractivity contribution in [2.75, 3.05) is 18.6 Å². The van der Waals surface area contributed by atoms with Gasteiger partial charge in [0.15, 0.2) is 11.6 Å². The third-order valence-electron chi connectivity index (χ3n) is 3.84. The molecule has 20 heavy (non-hydrogen) atoms. The first-order chi connectivity index (χ1) is 9.52. The minimum Gasteiger partial charge on any atom is -0.494 e. The predicted octanol–water partition coefficient (Wildman–Crippen LogP) is 3.05. The van der Waals surface area contributed by atoms with Crippen LogP contribution in [0.25, 0.3) is 11.0 Å². The minimum atomic E-state index is -0.411. The molecule has 2 aromatic rings. The Morgan fingerprint density at radius 3 is 3.00 bits per heavy atom. The summed E-state index contributed by atoms with van der Waals surface area (Å²) in [6.45, 7) is 3.03. The van der Waals surface area contributed by atoms with E-state index in [2.05, 4.69) is 11.9 Å². The Labute approximate surface area is 121 Å². The van der Waals surface area contributed by atoms with Crippen molar-refractivity contribution in [1.29, 1.82) is 0 Å². The molecule has 1 aromatic heterocycles. The molecular formula is C14H18FN3OS. The number of benzene rings is 1. The molecular weight excluding hydrogens is 277 g/mol. The number of halogens is 1. The van der Waals surface area contributed by atoms with Gasteiger partial charge in [-0.3, -0.25) is 0 Å². The average molecular weight is 295 g/mol. The SMILES string of the molecule is COc1cc2c(cc1F)nc(N)n2CC1(C)CCCS1. The van der Waals surface area contributed by atoms with Crippen LogP contribution in [0, 0.1) is 5.82 Å². The highest BCUT2D eigenvalue weighted by molar-refractivity contribution is 8.00. The number of ether oxygens (including phenoxy) is 1. The largest absolute Gasteiger partial charge is 0.494 e. The second kappa shape index (κ2) is 4.84. The molecule has 0 radical (unpaired) electrons. The molecule has 1 fully saturated rings. The van der Waals surface area contributed by atoms with Crippen molar-refractivity contribution in [2.45, 2.75) is 31.1 Å². The van der Waals surface area contributed by atoms with Gasteiger partial charge < -0.3 is 15.0 Å². The van der Waals surface area contributed by atoms with Crippen molar-refractivity contribution in [3.63, 3.8) is 0 Å².